The first-order chi connectivity index (χ1) is 20.9. The van der Waals surface area contributed by atoms with E-state index in [1.807, 2.05) is 58.2 Å². The fourth-order valence-corrected chi connectivity index (χ4v) is 4.86. The molecule has 5 aromatic rings. The molecule has 0 saturated carbocycles. The Morgan fingerprint density at radius 1 is 1.14 bits per heavy atom. The smallest absolute Gasteiger partial charge is 0.408 e. The summed E-state index contributed by atoms with van der Waals surface area (Å²) in [5, 5.41) is 10.0. The molecule has 0 bridgehead atoms. The molecule has 1 amide bonds. The summed E-state index contributed by atoms with van der Waals surface area (Å²) in [7, 11) is 0. The number of H-pyrrole nitrogens is 1. The molecule has 4 heterocycles. The molecule has 0 spiro atoms. The standard InChI is InChI=1S/C32H36N8O4/c1-17(33)27-30(35)37-15-25(39-27)23-13-26(29(34)40-28(23)21-10-11-42-18(21)2)43-16-20(38-31(41)44-32(3,4)5)12-19-14-36-24-9-7-6-8-22(19)24/h6-11,13-15,20,33,36H,12,16H2,1-5H3,(H2,34,40)(H2,35,37)(H,38,41)/p+1/t20-/m0/s1. The fraction of sp³-hybridized carbons (Fsp3) is 0.281. The molecule has 0 unspecified atom stereocenters. The predicted molar refractivity (Wildman–Crippen MR) is 169 cm³/mol. The zero-order valence-electron chi connectivity index (χ0n) is 25.4. The van der Waals surface area contributed by atoms with Crippen LogP contribution in [0.2, 0.25) is 0 Å². The molecule has 0 aliphatic carbocycles. The van der Waals surface area contributed by atoms with Gasteiger partial charge in [0.2, 0.25) is 0 Å². The topological polar surface area (TPSA) is 193 Å². The number of carbonyl (C=O) groups excluding carboxylic acids is 1. The van der Waals surface area contributed by atoms with Crippen LogP contribution in [0.15, 0.2) is 59.5 Å². The number of hydrogen-bond acceptors (Lipinski definition) is 9. The first-order valence-corrected chi connectivity index (χ1v) is 14.1. The van der Waals surface area contributed by atoms with Gasteiger partial charge in [0, 0.05) is 35.2 Å². The molecule has 4 aromatic heterocycles. The van der Waals surface area contributed by atoms with E-state index in [-0.39, 0.29) is 18.2 Å². The van der Waals surface area contributed by atoms with Crippen LogP contribution < -0.4 is 26.9 Å². The van der Waals surface area contributed by atoms with Crippen molar-refractivity contribution in [1.82, 2.24) is 25.3 Å². The lowest BCUT2D eigenvalue weighted by Crippen LogP contribution is -2.43. The SMILES string of the molecule is CC(=[NH2+])c1nc(-c2cc(OC[C@H](Cc3c[nH]c4ccccc34)NC(=O)OC(C)(C)C)c(N)nc2-c2ccoc2C)cnc1N. The third-order valence-electron chi connectivity index (χ3n) is 6.88. The molecular weight excluding hydrogens is 560 g/mol. The Labute approximate surface area is 254 Å². The second-order valence-electron chi connectivity index (χ2n) is 11.5. The molecule has 1 atom stereocenters. The maximum absolute atomic E-state index is 12.8. The maximum atomic E-state index is 12.8. The summed E-state index contributed by atoms with van der Waals surface area (Å²) in [6, 6.07) is 11.0. The lowest BCUT2D eigenvalue weighted by atomic mass is 10.0. The Morgan fingerprint density at radius 2 is 1.91 bits per heavy atom. The van der Waals surface area contributed by atoms with Gasteiger partial charge in [0.1, 0.15) is 18.0 Å². The van der Waals surface area contributed by atoms with Gasteiger partial charge in [-0.05, 0) is 57.9 Å². The summed E-state index contributed by atoms with van der Waals surface area (Å²) < 4.78 is 17.3. The van der Waals surface area contributed by atoms with E-state index in [1.165, 1.54) is 0 Å². The number of carbonyl (C=O) groups is 1. The summed E-state index contributed by atoms with van der Waals surface area (Å²) in [6.45, 7) is 9.03. The van der Waals surface area contributed by atoms with Crippen molar-refractivity contribution in [3.8, 4) is 28.3 Å². The molecule has 5 rings (SSSR count). The number of aromatic nitrogens is 4. The number of pyridine rings is 1. The van der Waals surface area contributed by atoms with Crippen LogP contribution in [0.5, 0.6) is 5.75 Å². The van der Waals surface area contributed by atoms with Gasteiger partial charge in [0.05, 0.1) is 29.9 Å². The fourth-order valence-electron chi connectivity index (χ4n) is 4.86. The number of para-hydroxylation sites is 1. The average molecular weight is 598 g/mol. The Kier molecular flexibility index (Phi) is 8.26. The lowest BCUT2D eigenvalue weighted by molar-refractivity contribution is -0.113. The number of nitrogen functional groups attached to an aromatic ring is 2. The summed E-state index contributed by atoms with van der Waals surface area (Å²) in [5.41, 5.74) is 16.9. The number of hydrogen-bond donors (Lipinski definition) is 5. The van der Waals surface area contributed by atoms with E-state index < -0.39 is 17.7 Å². The number of benzene rings is 1. The number of nitrogens with zero attached hydrogens (tertiary/aromatic N) is 3. The van der Waals surface area contributed by atoms with Gasteiger partial charge in [-0.3, -0.25) is 5.41 Å². The van der Waals surface area contributed by atoms with Crippen LogP contribution in [0.3, 0.4) is 0 Å². The molecule has 0 radical (unpaired) electrons. The van der Waals surface area contributed by atoms with Gasteiger partial charge in [0.25, 0.3) is 0 Å². The number of fused-ring (bicyclic) bond motifs is 1. The number of amides is 1. The number of ether oxygens (including phenoxy) is 2. The molecule has 12 nitrogen and oxygen atoms in total. The number of furan rings is 1. The van der Waals surface area contributed by atoms with Crippen molar-refractivity contribution in [3.63, 3.8) is 0 Å². The first-order valence-electron chi connectivity index (χ1n) is 14.1. The van der Waals surface area contributed by atoms with E-state index in [0.717, 1.165) is 22.0 Å². The third-order valence-corrected chi connectivity index (χ3v) is 6.88. The largest absolute Gasteiger partial charge is 0.488 e. The summed E-state index contributed by atoms with van der Waals surface area (Å²) in [4.78, 5) is 29.8. The average Bonchev–Trinajstić information content (AvgIpc) is 3.57. The molecule has 8 N–H and O–H groups in total. The second-order valence-corrected chi connectivity index (χ2v) is 11.5. The quantitative estimate of drug-likeness (QED) is 0.157. The van der Waals surface area contributed by atoms with Crippen molar-refractivity contribution in [1.29, 1.82) is 0 Å². The highest BCUT2D eigenvalue weighted by molar-refractivity contribution is 5.97. The molecule has 0 fully saturated rings. The van der Waals surface area contributed by atoms with Crippen LogP contribution in [0.1, 0.15) is 44.7 Å². The van der Waals surface area contributed by atoms with Crippen LogP contribution in [0, 0.1) is 6.92 Å². The number of rotatable bonds is 9. The van der Waals surface area contributed by atoms with Gasteiger partial charge >= 0.3 is 6.09 Å². The van der Waals surface area contributed by atoms with E-state index >= 15 is 0 Å². The molecule has 12 heteroatoms. The number of alkyl carbamates (subject to hydrolysis) is 1. The maximum Gasteiger partial charge on any atom is 0.408 e. The second kappa shape index (κ2) is 12.1. The summed E-state index contributed by atoms with van der Waals surface area (Å²) in [5.74, 6) is 1.31. The van der Waals surface area contributed by atoms with Crippen LogP contribution >= 0.6 is 0 Å². The minimum atomic E-state index is -0.668. The van der Waals surface area contributed by atoms with Crippen molar-refractivity contribution >= 4 is 34.3 Å². The Bertz CT molecular complexity index is 1840. The highest BCUT2D eigenvalue weighted by Gasteiger charge is 2.24. The monoisotopic (exact) mass is 597 g/mol. The van der Waals surface area contributed by atoms with E-state index in [9.17, 15) is 4.79 Å². The van der Waals surface area contributed by atoms with Crippen molar-refractivity contribution in [2.45, 2.75) is 52.7 Å². The van der Waals surface area contributed by atoms with Crippen LogP contribution in [-0.4, -0.2) is 50.0 Å². The molecular formula is C32H37N8O4+. The van der Waals surface area contributed by atoms with E-state index in [2.05, 4.69) is 20.3 Å². The molecule has 0 aliphatic heterocycles. The number of aromatic amines is 1. The van der Waals surface area contributed by atoms with E-state index in [1.54, 1.807) is 31.5 Å². The molecule has 0 saturated heterocycles. The minimum Gasteiger partial charge on any atom is -0.488 e. The highest BCUT2D eigenvalue weighted by atomic mass is 16.6. The van der Waals surface area contributed by atoms with E-state index in [0.29, 0.717) is 46.3 Å². The number of aryl methyl sites for hydroxylation is 1. The van der Waals surface area contributed by atoms with Crippen LogP contribution in [0.4, 0.5) is 16.4 Å². The Balaban J connectivity index is 1.50. The molecule has 44 heavy (non-hydrogen) atoms. The van der Waals surface area contributed by atoms with Crippen LogP contribution in [0.25, 0.3) is 33.4 Å². The predicted octanol–water partition coefficient (Wildman–Crippen LogP) is 3.84. The van der Waals surface area contributed by atoms with Gasteiger partial charge in [-0.2, -0.15) is 0 Å². The summed E-state index contributed by atoms with van der Waals surface area (Å²) >= 11 is 0. The van der Waals surface area contributed by atoms with Gasteiger partial charge in [0.15, 0.2) is 28.8 Å². The molecule has 1 aromatic carbocycles. The Morgan fingerprint density at radius 3 is 2.61 bits per heavy atom. The normalized spacial score (nSPS) is 12.2. The number of nitrogens with two attached hydrogens (primary N) is 3. The number of anilines is 2. The molecule has 228 valence electrons. The van der Waals surface area contributed by atoms with Crippen molar-refractivity contribution in [3.05, 3.63) is 72.1 Å². The van der Waals surface area contributed by atoms with Gasteiger partial charge in [-0.25, -0.2) is 19.7 Å². The van der Waals surface area contributed by atoms with Gasteiger partial charge in [-0.1, -0.05) is 18.2 Å². The zero-order valence-corrected chi connectivity index (χ0v) is 25.4. The van der Waals surface area contributed by atoms with Gasteiger partial charge < -0.3 is 35.7 Å². The minimum absolute atomic E-state index is 0.0719. The van der Waals surface area contributed by atoms with Crippen molar-refractivity contribution < 1.29 is 24.1 Å². The number of nitrogens with one attached hydrogen (secondary N) is 2. The highest BCUT2D eigenvalue weighted by Crippen LogP contribution is 2.37. The van der Waals surface area contributed by atoms with Crippen LogP contribution in [-0.2, 0) is 11.2 Å². The van der Waals surface area contributed by atoms with Crippen molar-refractivity contribution in [2.75, 3.05) is 18.1 Å². The third kappa shape index (κ3) is 6.64. The zero-order chi connectivity index (χ0) is 31.6. The Hall–Kier alpha value is -5.39. The summed E-state index contributed by atoms with van der Waals surface area (Å²) in [6.07, 6.45) is 4.96. The van der Waals surface area contributed by atoms with Crippen molar-refractivity contribution in [2.24, 2.45) is 0 Å². The van der Waals surface area contributed by atoms with E-state index in [4.69, 9.17) is 35.8 Å². The first kappa shape index (κ1) is 30.1. The molecule has 0 aliphatic rings. The lowest BCUT2D eigenvalue weighted by Gasteiger charge is -2.24. The van der Waals surface area contributed by atoms with Gasteiger partial charge in [-0.15, -0.1) is 0 Å².